The molecule has 5 heteroatoms. The number of hydrogen-bond donors (Lipinski definition) is 2. The number of phenolic OH excluding ortho intramolecular Hbond substituents is 1. The Morgan fingerprint density at radius 3 is 2.57 bits per heavy atom. The van der Waals surface area contributed by atoms with E-state index in [4.69, 9.17) is 9.63 Å². The van der Waals surface area contributed by atoms with E-state index in [-0.39, 0.29) is 5.75 Å². The first kappa shape index (κ1) is 8.55. The summed E-state index contributed by atoms with van der Waals surface area (Å²) in [4.78, 5) is 4.06. The van der Waals surface area contributed by atoms with Gasteiger partial charge in [0.25, 0.3) is 0 Å². The Morgan fingerprint density at radius 1 is 1.29 bits per heavy atom. The smallest absolute Gasteiger partial charge is 0.321 e. The first-order chi connectivity index (χ1) is 6.79. The van der Waals surface area contributed by atoms with Crippen LogP contribution in [0.25, 0.3) is 11.4 Å². The van der Waals surface area contributed by atoms with Crippen LogP contribution in [0, 0.1) is 0 Å². The Kier molecular flexibility index (Phi) is 2.06. The lowest BCUT2D eigenvalue weighted by Crippen LogP contribution is -1.86. The number of rotatable bonds is 2. The highest BCUT2D eigenvalue weighted by Gasteiger charge is 2.06. The van der Waals surface area contributed by atoms with Crippen LogP contribution in [0.5, 0.6) is 5.75 Å². The molecule has 1 heterocycles. The molecule has 14 heavy (non-hydrogen) atoms. The number of aromatic hydroxyl groups is 1. The standard InChI is InChI=1S/C9H9N3O2/c1-10-9-11-8(12-14-9)6-2-4-7(13)5-3-6/h2-5,13H,1H3,(H,10,11,12). The average Bonchev–Trinajstić information content (AvgIpc) is 2.67. The molecule has 0 fully saturated rings. The fourth-order valence-electron chi connectivity index (χ4n) is 1.05. The molecular weight excluding hydrogens is 182 g/mol. The minimum absolute atomic E-state index is 0.214. The molecule has 0 saturated carbocycles. The lowest BCUT2D eigenvalue weighted by Gasteiger charge is -1.93. The molecule has 0 saturated heterocycles. The van der Waals surface area contributed by atoms with Crippen LogP contribution >= 0.6 is 0 Å². The highest BCUT2D eigenvalue weighted by molar-refractivity contribution is 5.56. The number of nitrogens with one attached hydrogen (secondary N) is 1. The molecule has 0 unspecified atom stereocenters. The Morgan fingerprint density at radius 2 is 2.00 bits per heavy atom. The summed E-state index contributed by atoms with van der Waals surface area (Å²) >= 11 is 0. The van der Waals surface area contributed by atoms with Gasteiger partial charge in [-0.2, -0.15) is 4.98 Å². The normalized spacial score (nSPS) is 10.1. The van der Waals surface area contributed by atoms with Crippen LogP contribution in [0.1, 0.15) is 0 Å². The zero-order valence-electron chi connectivity index (χ0n) is 7.56. The molecule has 1 aromatic carbocycles. The molecule has 0 bridgehead atoms. The van der Waals surface area contributed by atoms with Crippen molar-refractivity contribution in [2.45, 2.75) is 0 Å². The number of benzene rings is 1. The molecule has 5 nitrogen and oxygen atoms in total. The summed E-state index contributed by atoms with van der Waals surface area (Å²) < 4.78 is 4.86. The molecule has 0 atom stereocenters. The molecule has 2 rings (SSSR count). The van der Waals surface area contributed by atoms with Crippen LogP contribution in [-0.2, 0) is 0 Å². The number of nitrogens with zero attached hydrogens (tertiary/aromatic N) is 2. The maximum absolute atomic E-state index is 9.08. The van der Waals surface area contributed by atoms with Gasteiger partial charge in [0.2, 0.25) is 5.82 Å². The molecule has 1 aromatic heterocycles. The Balaban J connectivity index is 2.34. The van der Waals surface area contributed by atoms with Gasteiger partial charge in [-0.05, 0) is 24.3 Å². The molecule has 2 aromatic rings. The van der Waals surface area contributed by atoms with Crippen LogP contribution in [0.3, 0.4) is 0 Å². The molecule has 0 spiro atoms. The fraction of sp³-hybridized carbons (Fsp3) is 0.111. The van der Waals surface area contributed by atoms with Gasteiger partial charge in [0.1, 0.15) is 5.75 Å². The van der Waals surface area contributed by atoms with Crippen molar-refractivity contribution in [3.05, 3.63) is 24.3 Å². The average molecular weight is 191 g/mol. The topological polar surface area (TPSA) is 71.2 Å². The van der Waals surface area contributed by atoms with Crippen LogP contribution in [0.2, 0.25) is 0 Å². The SMILES string of the molecule is CNc1nc(-c2ccc(O)cc2)no1. The second-order valence-corrected chi connectivity index (χ2v) is 2.72. The molecule has 0 aliphatic rings. The third-order valence-electron chi connectivity index (χ3n) is 1.77. The first-order valence-electron chi connectivity index (χ1n) is 4.10. The van der Waals surface area contributed by atoms with Gasteiger partial charge in [-0.3, -0.25) is 0 Å². The molecule has 0 radical (unpaired) electrons. The van der Waals surface area contributed by atoms with Crippen molar-refractivity contribution in [3.63, 3.8) is 0 Å². The van der Waals surface area contributed by atoms with Crippen molar-refractivity contribution in [2.75, 3.05) is 12.4 Å². The van der Waals surface area contributed by atoms with Crippen molar-refractivity contribution in [1.29, 1.82) is 0 Å². The number of aromatic nitrogens is 2. The van der Waals surface area contributed by atoms with Gasteiger partial charge < -0.3 is 14.9 Å². The maximum atomic E-state index is 9.08. The van der Waals surface area contributed by atoms with E-state index in [9.17, 15) is 0 Å². The first-order valence-corrected chi connectivity index (χ1v) is 4.10. The molecule has 0 aliphatic carbocycles. The lowest BCUT2D eigenvalue weighted by atomic mass is 10.2. The molecule has 0 amide bonds. The van der Waals surface area contributed by atoms with Crippen molar-refractivity contribution < 1.29 is 9.63 Å². The van der Waals surface area contributed by atoms with E-state index < -0.39 is 0 Å². The van der Waals surface area contributed by atoms with E-state index in [0.717, 1.165) is 5.56 Å². The van der Waals surface area contributed by atoms with Crippen LogP contribution in [-0.4, -0.2) is 22.3 Å². The van der Waals surface area contributed by atoms with E-state index in [1.165, 1.54) is 0 Å². The Labute approximate surface area is 80.4 Å². The molecule has 2 N–H and O–H groups in total. The van der Waals surface area contributed by atoms with Gasteiger partial charge in [0.15, 0.2) is 0 Å². The largest absolute Gasteiger partial charge is 0.508 e. The third-order valence-corrected chi connectivity index (χ3v) is 1.77. The monoisotopic (exact) mass is 191 g/mol. The Hall–Kier alpha value is -2.04. The zero-order valence-corrected chi connectivity index (χ0v) is 7.56. The van der Waals surface area contributed by atoms with Gasteiger partial charge in [0.05, 0.1) is 0 Å². The summed E-state index contributed by atoms with van der Waals surface area (Å²) in [5, 5.41) is 15.6. The summed E-state index contributed by atoms with van der Waals surface area (Å²) in [6.07, 6.45) is 0. The number of phenols is 1. The van der Waals surface area contributed by atoms with Crippen LogP contribution in [0.4, 0.5) is 6.01 Å². The molecule has 0 aliphatic heterocycles. The number of anilines is 1. The lowest BCUT2D eigenvalue weighted by molar-refractivity contribution is 0.434. The summed E-state index contributed by atoms with van der Waals surface area (Å²) in [6, 6.07) is 6.96. The van der Waals surface area contributed by atoms with Gasteiger partial charge >= 0.3 is 6.01 Å². The predicted molar refractivity (Wildman–Crippen MR) is 50.9 cm³/mol. The van der Waals surface area contributed by atoms with Gasteiger partial charge in [-0.25, -0.2) is 0 Å². The van der Waals surface area contributed by atoms with E-state index in [0.29, 0.717) is 11.8 Å². The van der Waals surface area contributed by atoms with Crippen LogP contribution in [0.15, 0.2) is 28.8 Å². The Bertz CT molecular complexity index is 422. The predicted octanol–water partition coefficient (Wildman–Crippen LogP) is 1.48. The van der Waals surface area contributed by atoms with Crippen molar-refractivity contribution in [1.82, 2.24) is 10.1 Å². The molecular formula is C9H9N3O2. The summed E-state index contributed by atoms with van der Waals surface area (Å²) in [5.41, 5.74) is 0.799. The van der Waals surface area contributed by atoms with Gasteiger partial charge in [-0.1, -0.05) is 5.16 Å². The quantitative estimate of drug-likeness (QED) is 0.752. The highest BCUT2D eigenvalue weighted by Crippen LogP contribution is 2.19. The fourth-order valence-corrected chi connectivity index (χ4v) is 1.05. The van der Waals surface area contributed by atoms with Crippen LogP contribution < -0.4 is 5.32 Å². The highest BCUT2D eigenvalue weighted by atomic mass is 16.5. The number of hydrogen-bond acceptors (Lipinski definition) is 5. The van der Waals surface area contributed by atoms with Gasteiger partial charge in [0, 0.05) is 12.6 Å². The summed E-state index contributed by atoms with van der Waals surface area (Å²) in [5.74, 6) is 0.709. The summed E-state index contributed by atoms with van der Waals surface area (Å²) in [6.45, 7) is 0. The second-order valence-electron chi connectivity index (χ2n) is 2.72. The second kappa shape index (κ2) is 3.37. The molecule has 72 valence electrons. The van der Waals surface area contributed by atoms with E-state index in [1.54, 1.807) is 31.3 Å². The van der Waals surface area contributed by atoms with E-state index in [2.05, 4.69) is 15.5 Å². The summed E-state index contributed by atoms with van der Waals surface area (Å²) in [7, 11) is 1.70. The van der Waals surface area contributed by atoms with E-state index >= 15 is 0 Å². The minimum atomic E-state index is 0.214. The van der Waals surface area contributed by atoms with Crippen molar-refractivity contribution in [3.8, 4) is 17.1 Å². The third kappa shape index (κ3) is 1.52. The minimum Gasteiger partial charge on any atom is -0.508 e. The van der Waals surface area contributed by atoms with Crippen molar-refractivity contribution >= 4 is 6.01 Å². The zero-order chi connectivity index (χ0) is 9.97. The maximum Gasteiger partial charge on any atom is 0.321 e. The van der Waals surface area contributed by atoms with Gasteiger partial charge in [-0.15, -0.1) is 0 Å². The van der Waals surface area contributed by atoms with Crippen molar-refractivity contribution in [2.24, 2.45) is 0 Å². The van der Waals surface area contributed by atoms with E-state index in [1.807, 2.05) is 0 Å².